The van der Waals surface area contributed by atoms with Crippen molar-refractivity contribution in [2.75, 3.05) is 13.7 Å². The van der Waals surface area contributed by atoms with E-state index in [2.05, 4.69) is 37.4 Å². The van der Waals surface area contributed by atoms with Crippen LogP contribution < -0.4 is 5.32 Å². The minimum atomic E-state index is 0.0756. The Hall–Kier alpha value is -1.32. The van der Waals surface area contributed by atoms with Crippen molar-refractivity contribution in [1.29, 1.82) is 0 Å². The van der Waals surface area contributed by atoms with Crippen LogP contribution >= 0.6 is 0 Å². The zero-order valence-corrected chi connectivity index (χ0v) is 11.5. The lowest BCUT2D eigenvalue weighted by Gasteiger charge is -2.21. The van der Waals surface area contributed by atoms with E-state index in [1.165, 1.54) is 5.56 Å². The lowest BCUT2D eigenvalue weighted by molar-refractivity contribution is 0.0766. The van der Waals surface area contributed by atoms with E-state index in [0.29, 0.717) is 0 Å². The number of nitrogens with one attached hydrogen (secondary N) is 1. The molecule has 1 aromatic heterocycles. The van der Waals surface area contributed by atoms with Crippen molar-refractivity contribution < 1.29 is 9.15 Å². The summed E-state index contributed by atoms with van der Waals surface area (Å²) < 4.78 is 11.3. The highest BCUT2D eigenvalue weighted by Crippen LogP contribution is 2.27. The van der Waals surface area contributed by atoms with Crippen LogP contribution in [0, 0.1) is 6.92 Å². The fourth-order valence-electron chi connectivity index (χ4n) is 2.19. The average Bonchev–Trinajstić information content (AvgIpc) is 2.77. The molecule has 0 amide bonds. The van der Waals surface area contributed by atoms with E-state index in [0.717, 1.165) is 23.3 Å². The summed E-state index contributed by atoms with van der Waals surface area (Å²) >= 11 is 0. The van der Waals surface area contributed by atoms with E-state index in [1.807, 2.05) is 13.0 Å². The smallest absolute Gasteiger partial charge is 0.134 e. The highest BCUT2D eigenvalue weighted by Gasteiger charge is 2.21. The number of hydrogen-bond acceptors (Lipinski definition) is 3. The van der Waals surface area contributed by atoms with Crippen LogP contribution in [0.2, 0.25) is 0 Å². The van der Waals surface area contributed by atoms with Gasteiger partial charge in [0.25, 0.3) is 0 Å². The molecule has 98 valence electrons. The minimum absolute atomic E-state index is 0.0756. The first-order chi connectivity index (χ1) is 8.65. The minimum Gasteiger partial charge on any atom is -0.459 e. The van der Waals surface area contributed by atoms with Crippen molar-refractivity contribution in [1.82, 2.24) is 5.32 Å². The van der Waals surface area contributed by atoms with Gasteiger partial charge in [0.2, 0.25) is 0 Å². The van der Waals surface area contributed by atoms with Crippen LogP contribution in [0.25, 0.3) is 11.0 Å². The number of aryl methyl sites for hydroxylation is 1. The van der Waals surface area contributed by atoms with Crippen molar-refractivity contribution in [3.8, 4) is 0 Å². The second kappa shape index (κ2) is 5.55. The fourth-order valence-corrected chi connectivity index (χ4v) is 2.19. The summed E-state index contributed by atoms with van der Waals surface area (Å²) in [4.78, 5) is 0. The molecule has 3 heteroatoms. The Bertz CT molecular complexity index is 518. The first kappa shape index (κ1) is 13.1. The van der Waals surface area contributed by atoms with Gasteiger partial charge in [0.05, 0.1) is 12.1 Å². The van der Waals surface area contributed by atoms with E-state index in [-0.39, 0.29) is 12.1 Å². The number of benzene rings is 1. The van der Waals surface area contributed by atoms with E-state index >= 15 is 0 Å². The van der Waals surface area contributed by atoms with Gasteiger partial charge in [0.1, 0.15) is 11.3 Å². The molecule has 1 aromatic carbocycles. The van der Waals surface area contributed by atoms with Crippen LogP contribution in [0.3, 0.4) is 0 Å². The Morgan fingerprint density at radius 1 is 1.33 bits per heavy atom. The molecule has 0 bridgehead atoms. The number of fused-ring (bicyclic) bond motifs is 1. The first-order valence-electron chi connectivity index (χ1n) is 6.42. The maximum absolute atomic E-state index is 5.92. The van der Waals surface area contributed by atoms with Gasteiger partial charge in [-0.2, -0.15) is 0 Å². The standard InChI is InChI=1S/C15H21NO2/c1-5-16-15(11(3)17-4)14-9-12-8-10(2)6-7-13(12)18-14/h6-9,11,15-16H,5H2,1-4H3. The van der Waals surface area contributed by atoms with Gasteiger partial charge in [0.15, 0.2) is 0 Å². The molecule has 1 heterocycles. The molecule has 2 aromatic rings. The highest BCUT2D eigenvalue weighted by atomic mass is 16.5. The van der Waals surface area contributed by atoms with Crippen LogP contribution in [-0.4, -0.2) is 19.8 Å². The van der Waals surface area contributed by atoms with Crippen molar-refractivity contribution in [2.24, 2.45) is 0 Å². The Morgan fingerprint density at radius 2 is 2.11 bits per heavy atom. The highest BCUT2D eigenvalue weighted by molar-refractivity contribution is 5.78. The zero-order valence-electron chi connectivity index (χ0n) is 11.5. The summed E-state index contributed by atoms with van der Waals surface area (Å²) in [5.74, 6) is 0.937. The molecule has 0 aliphatic rings. The Labute approximate surface area is 108 Å². The molecule has 2 atom stereocenters. The molecule has 3 nitrogen and oxygen atoms in total. The van der Waals surface area contributed by atoms with Gasteiger partial charge >= 0.3 is 0 Å². The van der Waals surface area contributed by atoms with Gasteiger partial charge in [-0.05, 0) is 38.6 Å². The normalized spacial score (nSPS) is 14.9. The van der Waals surface area contributed by atoms with Gasteiger partial charge in [-0.3, -0.25) is 0 Å². The molecule has 0 saturated heterocycles. The predicted octanol–water partition coefficient (Wildman–Crippen LogP) is 3.43. The number of likely N-dealkylation sites (N-methyl/N-ethyl adjacent to an activating group) is 1. The summed E-state index contributed by atoms with van der Waals surface area (Å²) in [6.07, 6.45) is 0.0756. The van der Waals surface area contributed by atoms with Crippen LogP contribution in [0.4, 0.5) is 0 Å². The molecular formula is C15H21NO2. The molecule has 2 rings (SSSR count). The second-order valence-electron chi connectivity index (χ2n) is 4.67. The lowest BCUT2D eigenvalue weighted by Crippen LogP contribution is -2.30. The maximum Gasteiger partial charge on any atom is 0.134 e. The third kappa shape index (κ3) is 2.57. The number of furan rings is 1. The average molecular weight is 247 g/mol. The lowest BCUT2D eigenvalue weighted by atomic mass is 10.1. The van der Waals surface area contributed by atoms with E-state index in [1.54, 1.807) is 7.11 Å². The van der Waals surface area contributed by atoms with Gasteiger partial charge < -0.3 is 14.5 Å². The van der Waals surface area contributed by atoms with Gasteiger partial charge in [-0.25, -0.2) is 0 Å². The monoisotopic (exact) mass is 247 g/mol. The number of rotatable bonds is 5. The van der Waals surface area contributed by atoms with Gasteiger partial charge in [-0.15, -0.1) is 0 Å². The van der Waals surface area contributed by atoms with Crippen molar-refractivity contribution >= 4 is 11.0 Å². The summed E-state index contributed by atoms with van der Waals surface area (Å²) in [7, 11) is 1.72. The number of methoxy groups -OCH3 is 1. The molecule has 1 N–H and O–H groups in total. The molecule has 2 unspecified atom stereocenters. The summed E-state index contributed by atoms with van der Waals surface area (Å²) in [5, 5.41) is 4.56. The SMILES string of the molecule is CCNC(c1cc2cc(C)ccc2o1)C(C)OC. The molecule has 0 spiro atoms. The quantitative estimate of drug-likeness (QED) is 0.879. The molecule has 0 radical (unpaired) electrons. The number of hydrogen-bond donors (Lipinski definition) is 1. The third-order valence-corrected chi connectivity index (χ3v) is 3.26. The second-order valence-corrected chi connectivity index (χ2v) is 4.67. The largest absolute Gasteiger partial charge is 0.459 e. The third-order valence-electron chi connectivity index (χ3n) is 3.26. The molecule has 0 aliphatic carbocycles. The maximum atomic E-state index is 5.92. The predicted molar refractivity (Wildman–Crippen MR) is 73.8 cm³/mol. The van der Waals surface area contributed by atoms with Gasteiger partial charge in [0, 0.05) is 12.5 Å². The Morgan fingerprint density at radius 3 is 2.78 bits per heavy atom. The summed E-state index contributed by atoms with van der Waals surface area (Å²) in [6.45, 7) is 7.11. The molecule has 0 aliphatic heterocycles. The molecule has 0 fully saturated rings. The molecule has 18 heavy (non-hydrogen) atoms. The first-order valence-corrected chi connectivity index (χ1v) is 6.42. The Kier molecular flexibility index (Phi) is 4.04. The summed E-state index contributed by atoms with van der Waals surface area (Å²) in [5.41, 5.74) is 2.18. The van der Waals surface area contributed by atoms with Crippen LogP contribution in [-0.2, 0) is 4.74 Å². The van der Waals surface area contributed by atoms with E-state index in [4.69, 9.17) is 9.15 Å². The van der Waals surface area contributed by atoms with Crippen molar-refractivity contribution in [3.05, 3.63) is 35.6 Å². The van der Waals surface area contributed by atoms with E-state index < -0.39 is 0 Å². The molecule has 0 saturated carbocycles. The van der Waals surface area contributed by atoms with Gasteiger partial charge in [-0.1, -0.05) is 18.6 Å². The van der Waals surface area contributed by atoms with Crippen LogP contribution in [0.5, 0.6) is 0 Å². The Balaban J connectivity index is 2.38. The summed E-state index contributed by atoms with van der Waals surface area (Å²) in [6, 6.07) is 8.42. The van der Waals surface area contributed by atoms with Crippen LogP contribution in [0.1, 0.15) is 31.2 Å². The number of ether oxygens (including phenoxy) is 1. The topological polar surface area (TPSA) is 34.4 Å². The zero-order chi connectivity index (χ0) is 13.1. The van der Waals surface area contributed by atoms with Crippen molar-refractivity contribution in [3.63, 3.8) is 0 Å². The van der Waals surface area contributed by atoms with Crippen molar-refractivity contribution in [2.45, 2.75) is 32.9 Å². The molecular weight excluding hydrogens is 226 g/mol. The fraction of sp³-hybridized carbons (Fsp3) is 0.467. The van der Waals surface area contributed by atoms with Crippen LogP contribution in [0.15, 0.2) is 28.7 Å². The van der Waals surface area contributed by atoms with E-state index in [9.17, 15) is 0 Å².